The fourth-order valence-corrected chi connectivity index (χ4v) is 4.95. The molecule has 2 aliphatic carbocycles. The van der Waals surface area contributed by atoms with Crippen molar-refractivity contribution in [2.24, 2.45) is 0 Å². The minimum atomic E-state index is -0.331. The van der Waals surface area contributed by atoms with Gasteiger partial charge in [0.2, 0.25) is 0 Å². The lowest BCUT2D eigenvalue weighted by Crippen LogP contribution is -2.12. The number of hydrogen-bond acceptors (Lipinski definition) is 8. The largest absolute Gasteiger partial charge is 0.490 e. The van der Waals surface area contributed by atoms with Gasteiger partial charge in [-0.25, -0.2) is 9.50 Å². The van der Waals surface area contributed by atoms with Gasteiger partial charge >= 0.3 is 0 Å². The van der Waals surface area contributed by atoms with Gasteiger partial charge in [0.1, 0.15) is 17.1 Å². The predicted molar refractivity (Wildman–Crippen MR) is 171 cm³/mol. The number of ether oxygens (including phenoxy) is 2. The Morgan fingerprint density at radius 3 is 2.13 bits per heavy atom. The minimum absolute atomic E-state index is 0.228. The van der Waals surface area contributed by atoms with E-state index in [4.69, 9.17) is 38.4 Å². The van der Waals surface area contributed by atoms with Crippen LogP contribution in [0, 0.1) is 0 Å². The first-order chi connectivity index (χ1) is 21.9. The summed E-state index contributed by atoms with van der Waals surface area (Å²) in [5.41, 5.74) is 10.8. The van der Waals surface area contributed by atoms with Gasteiger partial charge in [-0.15, -0.1) is 0 Å². The van der Waals surface area contributed by atoms with E-state index in [-0.39, 0.29) is 12.0 Å². The number of aromatic nitrogens is 7. The molecule has 2 saturated carbocycles. The van der Waals surface area contributed by atoms with Crippen LogP contribution in [0.4, 0.5) is 11.4 Å². The summed E-state index contributed by atoms with van der Waals surface area (Å²) in [6.07, 6.45) is 12.8. The van der Waals surface area contributed by atoms with E-state index in [0.717, 1.165) is 48.3 Å². The van der Waals surface area contributed by atoms with Crippen LogP contribution >= 0.6 is 23.2 Å². The van der Waals surface area contributed by atoms with Gasteiger partial charge in [-0.05, 0) is 68.1 Å². The van der Waals surface area contributed by atoms with Crippen molar-refractivity contribution in [3.05, 3.63) is 89.1 Å². The second-order valence-electron chi connectivity index (χ2n) is 10.7. The van der Waals surface area contributed by atoms with E-state index in [1.807, 2.05) is 24.3 Å². The Bertz CT molecular complexity index is 2000. The molecule has 5 N–H and O–H groups in total. The second-order valence-corrected chi connectivity index (χ2v) is 11.5. The van der Waals surface area contributed by atoms with Gasteiger partial charge in [-0.1, -0.05) is 23.2 Å². The first kappa shape index (κ1) is 28.7. The summed E-state index contributed by atoms with van der Waals surface area (Å²) < 4.78 is 13.4. The Balaban J connectivity index is 0.000000163. The van der Waals surface area contributed by atoms with E-state index in [2.05, 4.69) is 35.8 Å². The van der Waals surface area contributed by atoms with E-state index < -0.39 is 0 Å². The predicted octanol–water partition coefficient (Wildman–Crippen LogP) is 6.42. The molecule has 2 aliphatic rings. The smallest absolute Gasteiger partial charge is 0.261 e. The zero-order valence-electron chi connectivity index (χ0n) is 23.7. The number of rotatable bonds is 8. The molecule has 0 saturated heterocycles. The molecule has 12 nitrogen and oxygen atoms in total. The minimum Gasteiger partial charge on any atom is -0.490 e. The molecule has 0 unspecified atom stereocenters. The van der Waals surface area contributed by atoms with Crippen molar-refractivity contribution < 1.29 is 14.3 Å². The molecule has 4 heterocycles. The maximum absolute atomic E-state index is 12.8. The van der Waals surface area contributed by atoms with Crippen molar-refractivity contribution in [3.8, 4) is 34.0 Å². The molecule has 0 atom stereocenters. The quantitative estimate of drug-likeness (QED) is 0.148. The summed E-state index contributed by atoms with van der Waals surface area (Å²) in [5, 5.41) is 22.0. The third kappa shape index (κ3) is 6.42. The van der Waals surface area contributed by atoms with Crippen LogP contribution in [0.1, 0.15) is 36.0 Å². The third-order valence-electron chi connectivity index (χ3n) is 7.14. The fourth-order valence-electron chi connectivity index (χ4n) is 4.61. The lowest BCUT2D eigenvalue weighted by Gasteiger charge is -2.12. The van der Waals surface area contributed by atoms with Crippen LogP contribution in [0.15, 0.2) is 73.4 Å². The number of aromatic amines is 2. The number of carbonyl (C=O) groups is 1. The standard InChI is InChI=1S/C19H15ClN6O2.C12H12ClN3O/c20-11-2-5-16(28-12-3-4-12)13(8-11)17-15(10-22-25-17)24-19(27)14-9-23-26-7-1-6-21-18(14)26;13-7-1-4-11(17-8-2-3-8)9(5-7)12-10(14)6-15-16-12/h1-2,5-10,12H,3-4H2,(H,22,25)(H,24,27);1,4-6,8H,2-3,14H2,(H,15,16). The van der Waals surface area contributed by atoms with Gasteiger partial charge in [-0.2, -0.15) is 15.3 Å². The molecule has 14 heteroatoms. The molecule has 0 bridgehead atoms. The number of halogens is 2. The number of nitrogens with two attached hydrogens (primary N) is 1. The second kappa shape index (κ2) is 12.1. The molecule has 6 aromatic rings. The summed E-state index contributed by atoms with van der Waals surface area (Å²) in [6.45, 7) is 0. The molecule has 2 aromatic carbocycles. The Hall–Kier alpha value is -5.07. The van der Waals surface area contributed by atoms with E-state index in [9.17, 15) is 4.79 Å². The van der Waals surface area contributed by atoms with Crippen LogP contribution in [0.5, 0.6) is 11.5 Å². The molecule has 8 rings (SSSR count). The zero-order valence-corrected chi connectivity index (χ0v) is 25.2. The highest BCUT2D eigenvalue weighted by Crippen LogP contribution is 2.39. The summed E-state index contributed by atoms with van der Waals surface area (Å²) in [6, 6.07) is 12.7. The van der Waals surface area contributed by atoms with E-state index in [0.29, 0.717) is 50.2 Å². The molecule has 4 aromatic heterocycles. The monoisotopic (exact) mass is 643 g/mol. The molecular weight excluding hydrogens is 617 g/mol. The van der Waals surface area contributed by atoms with Crippen LogP contribution in [0.3, 0.4) is 0 Å². The Morgan fingerprint density at radius 2 is 1.51 bits per heavy atom. The summed E-state index contributed by atoms with van der Waals surface area (Å²) >= 11 is 12.2. The van der Waals surface area contributed by atoms with Crippen molar-refractivity contribution >= 4 is 46.1 Å². The number of carbonyl (C=O) groups excluding carboxylic acids is 1. The number of H-pyrrole nitrogens is 2. The average Bonchev–Trinajstić information content (AvgIpc) is 3.89. The zero-order chi connectivity index (χ0) is 30.9. The number of hydrogen-bond donors (Lipinski definition) is 4. The first-order valence-electron chi connectivity index (χ1n) is 14.3. The van der Waals surface area contributed by atoms with Crippen LogP contribution < -0.4 is 20.5 Å². The van der Waals surface area contributed by atoms with E-state index in [1.165, 1.54) is 6.20 Å². The van der Waals surface area contributed by atoms with Crippen molar-refractivity contribution in [3.63, 3.8) is 0 Å². The van der Waals surface area contributed by atoms with Gasteiger partial charge in [0.25, 0.3) is 5.91 Å². The number of amides is 1. The van der Waals surface area contributed by atoms with Crippen molar-refractivity contribution in [1.82, 2.24) is 35.0 Å². The van der Waals surface area contributed by atoms with Gasteiger partial charge in [0, 0.05) is 33.6 Å². The van der Waals surface area contributed by atoms with Crippen molar-refractivity contribution in [2.75, 3.05) is 11.1 Å². The topological polar surface area (TPSA) is 161 Å². The van der Waals surface area contributed by atoms with Crippen molar-refractivity contribution in [2.45, 2.75) is 37.9 Å². The Labute approximate surface area is 266 Å². The number of benzene rings is 2. The van der Waals surface area contributed by atoms with Crippen LogP contribution in [-0.2, 0) is 0 Å². The molecule has 0 spiro atoms. The van der Waals surface area contributed by atoms with E-state index in [1.54, 1.807) is 47.5 Å². The molecule has 0 radical (unpaired) electrons. The fraction of sp³-hybridized carbons (Fsp3) is 0.194. The Morgan fingerprint density at radius 1 is 0.889 bits per heavy atom. The van der Waals surface area contributed by atoms with Gasteiger partial charge in [0.15, 0.2) is 5.65 Å². The third-order valence-corrected chi connectivity index (χ3v) is 7.61. The van der Waals surface area contributed by atoms with Crippen LogP contribution in [-0.4, -0.2) is 53.1 Å². The lowest BCUT2D eigenvalue weighted by atomic mass is 10.1. The molecule has 45 heavy (non-hydrogen) atoms. The molecule has 0 aliphatic heterocycles. The number of nitrogens with one attached hydrogen (secondary N) is 3. The van der Waals surface area contributed by atoms with Gasteiger partial charge < -0.3 is 20.5 Å². The van der Waals surface area contributed by atoms with Gasteiger partial charge in [-0.3, -0.25) is 15.0 Å². The maximum atomic E-state index is 12.8. The number of anilines is 2. The molecular formula is C31H27Cl2N9O3. The molecule has 1 amide bonds. The molecule has 2 fully saturated rings. The van der Waals surface area contributed by atoms with Gasteiger partial charge in [0.05, 0.1) is 53.6 Å². The summed E-state index contributed by atoms with van der Waals surface area (Å²) in [4.78, 5) is 17.0. The molecule has 228 valence electrons. The highest BCUT2D eigenvalue weighted by Gasteiger charge is 2.27. The maximum Gasteiger partial charge on any atom is 0.261 e. The van der Waals surface area contributed by atoms with E-state index >= 15 is 0 Å². The average molecular weight is 645 g/mol. The number of nitrogen functional groups attached to an aromatic ring is 1. The van der Waals surface area contributed by atoms with Crippen molar-refractivity contribution in [1.29, 1.82) is 0 Å². The number of fused-ring (bicyclic) bond motifs is 1. The lowest BCUT2D eigenvalue weighted by molar-refractivity contribution is 0.102. The van der Waals surface area contributed by atoms with Crippen LogP contribution in [0.25, 0.3) is 28.2 Å². The summed E-state index contributed by atoms with van der Waals surface area (Å²) in [5.74, 6) is 1.17. The summed E-state index contributed by atoms with van der Waals surface area (Å²) in [7, 11) is 0. The van der Waals surface area contributed by atoms with Crippen LogP contribution in [0.2, 0.25) is 10.0 Å². The SMILES string of the molecule is Nc1cn[nH]c1-c1cc(Cl)ccc1OC1CC1.O=C(Nc1cn[nH]c1-c1cc(Cl)ccc1OC1CC1)c1cnn2cccnc12. The Kier molecular flexibility index (Phi) is 7.74. The highest BCUT2D eigenvalue weighted by atomic mass is 35.5. The highest BCUT2D eigenvalue weighted by molar-refractivity contribution is 6.31. The normalized spacial score (nSPS) is 14.1. The number of nitrogens with zero attached hydrogens (tertiary/aromatic N) is 5. The first-order valence-corrected chi connectivity index (χ1v) is 15.0.